The van der Waals surface area contributed by atoms with Crippen LogP contribution < -0.4 is 5.32 Å². The second-order valence-electron chi connectivity index (χ2n) is 8.95. The summed E-state index contributed by atoms with van der Waals surface area (Å²) in [5, 5.41) is 3.72. The second kappa shape index (κ2) is 10.7. The maximum Gasteiger partial charge on any atom is 0.338 e. The van der Waals surface area contributed by atoms with Gasteiger partial charge in [-0.15, -0.1) is 0 Å². The van der Waals surface area contributed by atoms with Crippen molar-refractivity contribution in [1.82, 2.24) is 14.5 Å². The van der Waals surface area contributed by atoms with Gasteiger partial charge in [0, 0.05) is 49.8 Å². The van der Waals surface area contributed by atoms with E-state index in [0.717, 1.165) is 11.1 Å². The van der Waals surface area contributed by atoms with E-state index in [-0.39, 0.29) is 36.7 Å². The van der Waals surface area contributed by atoms with Crippen LogP contribution in [0.15, 0.2) is 42.7 Å². The Morgan fingerprint density at radius 3 is 2.75 bits per heavy atom. The highest BCUT2D eigenvalue weighted by molar-refractivity contribution is 6.33. The zero-order valence-electron chi connectivity index (χ0n) is 20.5. The number of aromatic nitrogens is 2. The van der Waals surface area contributed by atoms with Crippen LogP contribution in [0.1, 0.15) is 40.3 Å². The Kier molecular flexibility index (Phi) is 7.61. The zero-order valence-corrected chi connectivity index (χ0v) is 21.3. The lowest BCUT2D eigenvalue weighted by Gasteiger charge is -2.36. The normalized spacial score (nSPS) is 15.2. The minimum atomic E-state index is -0.596. The number of nitrogens with one attached hydrogen (secondary N) is 1. The van der Waals surface area contributed by atoms with E-state index in [1.165, 1.54) is 25.3 Å². The number of benzene rings is 1. The number of carbonyl (C=O) groups is 2. The molecule has 0 radical (unpaired) electrons. The summed E-state index contributed by atoms with van der Waals surface area (Å²) < 4.78 is 26.2. The summed E-state index contributed by atoms with van der Waals surface area (Å²) in [4.78, 5) is 31.9. The summed E-state index contributed by atoms with van der Waals surface area (Å²) >= 11 is 6.46. The molecule has 2 aromatic heterocycles. The van der Waals surface area contributed by atoms with Crippen LogP contribution in [0.3, 0.4) is 0 Å². The van der Waals surface area contributed by atoms with Gasteiger partial charge >= 0.3 is 5.97 Å². The number of pyridine rings is 1. The van der Waals surface area contributed by atoms with E-state index >= 15 is 0 Å². The Labute approximate surface area is 214 Å². The first-order chi connectivity index (χ1) is 17.2. The average Bonchev–Trinajstić information content (AvgIpc) is 3.26. The Bertz CT molecular complexity index is 1290. The summed E-state index contributed by atoms with van der Waals surface area (Å²) in [6, 6.07) is 7.30. The number of amides is 1. The molecule has 3 aromatic rings. The molecule has 1 atom stereocenters. The number of methoxy groups -OCH3 is 2. The molecule has 0 aliphatic carbocycles. The fraction of sp³-hybridized carbons (Fsp3) is 0.346. The van der Waals surface area contributed by atoms with E-state index < -0.39 is 11.8 Å². The smallest absolute Gasteiger partial charge is 0.338 e. The largest absolute Gasteiger partial charge is 0.465 e. The fourth-order valence-corrected chi connectivity index (χ4v) is 4.60. The molecular weight excluding hydrogens is 487 g/mol. The van der Waals surface area contributed by atoms with Crippen molar-refractivity contribution in [2.75, 3.05) is 26.1 Å². The molecule has 4 rings (SSSR count). The highest BCUT2D eigenvalue weighted by Gasteiger charge is 2.34. The van der Waals surface area contributed by atoms with Crippen LogP contribution in [0.4, 0.5) is 10.2 Å². The van der Waals surface area contributed by atoms with E-state index in [1.54, 1.807) is 24.3 Å². The van der Waals surface area contributed by atoms with Crippen molar-refractivity contribution in [3.05, 3.63) is 70.4 Å². The van der Waals surface area contributed by atoms with E-state index in [2.05, 4.69) is 10.3 Å². The van der Waals surface area contributed by atoms with E-state index in [9.17, 15) is 14.0 Å². The minimum absolute atomic E-state index is 0.0219. The molecule has 0 unspecified atom stereocenters. The van der Waals surface area contributed by atoms with Gasteiger partial charge in [0.05, 0.1) is 30.3 Å². The zero-order chi connectivity index (χ0) is 26.0. The van der Waals surface area contributed by atoms with Crippen LogP contribution in [0.25, 0.3) is 11.1 Å². The average molecular weight is 515 g/mol. The third-order valence-corrected chi connectivity index (χ3v) is 6.30. The van der Waals surface area contributed by atoms with Crippen LogP contribution in [-0.2, 0) is 22.6 Å². The molecule has 1 N–H and O–H groups in total. The Morgan fingerprint density at radius 2 is 2.06 bits per heavy atom. The van der Waals surface area contributed by atoms with E-state index in [0.29, 0.717) is 28.6 Å². The molecule has 0 spiro atoms. The number of carbonyl (C=O) groups excluding carboxylic acids is 2. The molecular formula is C26H28ClFN4O4. The Balaban J connectivity index is 1.71. The molecule has 1 aliphatic rings. The molecule has 0 bridgehead atoms. The maximum atomic E-state index is 14.1. The fourth-order valence-electron chi connectivity index (χ4n) is 4.38. The molecule has 0 saturated heterocycles. The molecule has 190 valence electrons. The van der Waals surface area contributed by atoms with Gasteiger partial charge < -0.3 is 24.3 Å². The van der Waals surface area contributed by atoms with Crippen molar-refractivity contribution in [3.63, 3.8) is 0 Å². The summed E-state index contributed by atoms with van der Waals surface area (Å²) in [6.45, 7) is 4.77. The number of ether oxygens (including phenoxy) is 2. The molecule has 3 heterocycles. The van der Waals surface area contributed by atoms with Crippen LogP contribution in [-0.4, -0.2) is 59.2 Å². The highest BCUT2D eigenvalue weighted by atomic mass is 35.5. The lowest BCUT2D eigenvalue weighted by Crippen LogP contribution is -2.49. The Hall–Kier alpha value is -3.43. The summed E-state index contributed by atoms with van der Waals surface area (Å²) in [5.74, 6) is -0.684. The molecule has 8 nitrogen and oxygen atoms in total. The highest BCUT2D eigenvalue weighted by Crippen LogP contribution is 2.33. The first kappa shape index (κ1) is 25.7. The van der Waals surface area contributed by atoms with Crippen molar-refractivity contribution in [2.45, 2.75) is 39.0 Å². The maximum absolute atomic E-state index is 14.1. The van der Waals surface area contributed by atoms with Gasteiger partial charge in [-0.2, -0.15) is 0 Å². The van der Waals surface area contributed by atoms with Gasteiger partial charge in [-0.1, -0.05) is 11.6 Å². The number of esters is 1. The summed E-state index contributed by atoms with van der Waals surface area (Å²) in [7, 11) is 2.82. The monoisotopic (exact) mass is 514 g/mol. The Morgan fingerprint density at radius 1 is 1.28 bits per heavy atom. The van der Waals surface area contributed by atoms with E-state index in [1.807, 2.05) is 30.7 Å². The number of hydrogen-bond donors (Lipinski definition) is 1. The number of nitrogens with zero attached hydrogens (tertiary/aromatic N) is 3. The van der Waals surface area contributed by atoms with Gasteiger partial charge in [0.25, 0.3) is 5.91 Å². The number of hydrogen-bond acceptors (Lipinski definition) is 6. The molecule has 0 saturated carbocycles. The number of anilines is 1. The van der Waals surface area contributed by atoms with Crippen molar-refractivity contribution in [1.29, 1.82) is 0 Å². The van der Waals surface area contributed by atoms with Crippen molar-refractivity contribution < 1.29 is 23.5 Å². The number of fused-ring (bicyclic) bond motifs is 1. The van der Waals surface area contributed by atoms with Crippen molar-refractivity contribution >= 4 is 29.3 Å². The third-order valence-electron chi connectivity index (χ3n) is 6.00. The predicted octanol–water partition coefficient (Wildman–Crippen LogP) is 4.62. The van der Waals surface area contributed by atoms with Gasteiger partial charge in [-0.05, 0) is 49.7 Å². The summed E-state index contributed by atoms with van der Waals surface area (Å²) in [6.07, 6.45) is 3.47. The topological polar surface area (TPSA) is 85.7 Å². The predicted molar refractivity (Wildman–Crippen MR) is 135 cm³/mol. The quantitative estimate of drug-likeness (QED) is 0.441. The molecule has 0 fully saturated rings. The number of halogens is 2. The van der Waals surface area contributed by atoms with Crippen molar-refractivity contribution in [3.8, 4) is 11.1 Å². The first-order valence-corrected chi connectivity index (χ1v) is 11.9. The van der Waals surface area contributed by atoms with Gasteiger partial charge in [0.15, 0.2) is 0 Å². The molecule has 1 amide bonds. The minimum Gasteiger partial charge on any atom is -0.465 e. The van der Waals surface area contributed by atoms with Crippen LogP contribution in [0.2, 0.25) is 5.02 Å². The van der Waals surface area contributed by atoms with Crippen LogP contribution >= 0.6 is 11.6 Å². The lowest BCUT2D eigenvalue weighted by molar-refractivity contribution is 0.0383. The SMILES string of the molecule is COC[C@H]1Cn2cc(-c3cc(NC(C)C)ncc3Cl)cc2C(=O)N1Cc1cc(F)ccc1C(=O)OC. The summed E-state index contributed by atoms with van der Waals surface area (Å²) in [5.41, 5.74) is 2.55. The molecule has 1 aliphatic heterocycles. The molecule has 36 heavy (non-hydrogen) atoms. The van der Waals surface area contributed by atoms with Gasteiger partial charge in [-0.25, -0.2) is 14.2 Å². The van der Waals surface area contributed by atoms with Gasteiger partial charge in [0.2, 0.25) is 0 Å². The van der Waals surface area contributed by atoms with Crippen LogP contribution in [0, 0.1) is 5.82 Å². The second-order valence-corrected chi connectivity index (χ2v) is 9.36. The van der Waals surface area contributed by atoms with Gasteiger partial charge in [0.1, 0.15) is 17.3 Å². The standard InChI is InChI=1S/C26H28ClFN4O4/c1-15(2)30-24-9-21(22(27)10-29-24)17-8-23-25(33)32(19(14-35-3)13-31(23)11-17)12-16-7-18(28)5-6-20(16)26(34)36-4/h5-11,15,19H,12-14H2,1-4H3,(H,29,30)/t19-/m1/s1. The first-order valence-electron chi connectivity index (χ1n) is 11.5. The van der Waals surface area contributed by atoms with Gasteiger partial charge in [-0.3, -0.25) is 4.79 Å². The lowest BCUT2D eigenvalue weighted by atomic mass is 10.0. The molecule has 10 heteroatoms. The number of rotatable bonds is 8. The van der Waals surface area contributed by atoms with E-state index in [4.69, 9.17) is 21.1 Å². The van der Waals surface area contributed by atoms with Crippen LogP contribution in [0.5, 0.6) is 0 Å². The van der Waals surface area contributed by atoms with Crippen molar-refractivity contribution in [2.24, 2.45) is 0 Å². The molecule has 1 aromatic carbocycles. The third kappa shape index (κ3) is 5.22.